The summed E-state index contributed by atoms with van der Waals surface area (Å²) < 4.78 is 27.6. The summed E-state index contributed by atoms with van der Waals surface area (Å²) >= 11 is 13.3. The van der Waals surface area contributed by atoms with Crippen LogP contribution >= 0.6 is 34.5 Å². The van der Waals surface area contributed by atoms with Gasteiger partial charge in [-0.05, 0) is 55.5 Å². The third-order valence-corrected chi connectivity index (χ3v) is 8.39. The summed E-state index contributed by atoms with van der Waals surface area (Å²) in [6.45, 7) is 2.05. The number of para-hydroxylation sites is 1. The number of anilines is 2. The number of hydrogen-bond donors (Lipinski definition) is 1. The lowest BCUT2D eigenvalue weighted by Crippen LogP contribution is -2.30. The van der Waals surface area contributed by atoms with Crippen molar-refractivity contribution >= 4 is 61.3 Å². The number of nitrogens with one attached hydrogen (secondary N) is 1. The van der Waals surface area contributed by atoms with E-state index in [0.29, 0.717) is 32.1 Å². The zero-order valence-corrected chi connectivity index (χ0v) is 21.0. The lowest BCUT2D eigenvalue weighted by Gasteiger charge is -2.22. The van der Waals surface area contributed by atoms with Crippen molar-refractivity contribution in [3.05, 3.63) is 93.8 Å². The Balaban J connectivity index is 1.49. The first-order chi connectivity index (χ1) is 16.3. The van der Waals surface area contributed by atoms with E-state index in [1.807, 2.05) is 6.07 Å². The predicted molar refractivity (Wildman–Crippen MR) is 139 cm³/mol. The topological polar surface area (TPSA) is 79.4 Å². The molecule has 0 aliphatic heterocycles. The Morgan fingerprint density at radius 3 is 2.35 bits per heavy atom. The summed E-state index contributed by atoms with van der Waals surface area (Å²) in [6, 6.07) is 19.9. The van der Waals surface area contributed by atoms with Gasteiger partial charge in [0.05, 0.1) is 26.3 Å². The predicted octanol–water partition coefficient (Wildman–Crippen LogP) is 6.58. The molecule has 4 aromatic rings. The molecule has 0 radical (unpaired) electrons. The number of carbonyl (C=O) groups is 1. The highest BCUT2D eigenvalue weighted by molar-refractivity contribution is 7.92. The van der Waals surface area contributed by atoms with Crippen LogP contribution in [-0.4, -0.2) is 25.9 Å². The lowest BCUT2D eigenvalue weighted by atomic mass is 10.2. The average Bonchev–Trinajstić information content (AvgIpc) is 3.30. The smallest absolute Gasteiger partial charge is 0.264 e. The number of hydrogen-bond acceptors (Lipinski definition) is 5. The first-order valence-corrected chi connectivity index (χ1v) is 13.3. The highest BCUT2D eigenvalue weighted by atomic mass is 35.5. The molecular formula is C24H19Cl2N3O3S2. The number of sulfonamides is 1. The van der Waals surface area contributed by atoms with Crippen LogP contribution in [0.2, 0.25) is 10.0 Å². The number of carbonyl (C=O) groups excluding carboxylic acids is 1. The van der Waals surface area contributed by atoms with E-state index < -0.39 is 15.9 Å². The summed E-state index contributed by atoms with van der Waals surface area (Å²) in [5.74, 6) is -0.394. The highest BCUT2D eigenvalue weighted by Crippen LogP contribution is 2.31. The third kappa shape index (κ3) is 5.10. The molecule has 1 N–H and O–H groups in total. The second kappa shape index (κ2) is 10.1. The minimum Gasteiger partial charge on any atom is -0.298 e. The van der Waals surface area contributed by atoms with Crippen LogP contribution in [0.4, 0.5) is 10.8 Å². The average molecular weight is 532 g/mol. The number of nitrogens with zero attached hydrogens (tertiary/aromatic N) is 2. The van der Waals surface area contributed by atoms with Gasteiger partial charge in [0.25, 0.3) is 15.9 Å². The molecule has 4 rings (SSSR count). The molecule has 6 nitrogen and oxygen atoms in total. The molecule has 0 bridgehead atoms. The molecule has 1 amide bonds. The van der Waals surface area contributed by atoms with Crippen LogP contribution in [0, 0.1) is 0 Å². The molecule has 0 spiro atoms. The van der Waals surface area contributed by atoms with Gasteiger partial charge < -0.3 is 0 Å². The van der Waals surface area contributed by atoms with Crippen LogP contribution in [0.25, 0.3) is 11.3 Å². The van der Waals surface area contributed by atoms with Crippen LogP contribution in [0.1, 0.15) is 17.3 Å². The van der Waals surface area contributed by atoms with Crippen LogP contribution in [0.5, 0.6) is 0 Å². The van der Waals surface area contributed by atoms with Crippen molar-refractivity contribution < 1.29 is 13.2 Å². The second-order valence-electron chi connectivity index (χ2n) is 7.15. The molecule has 0 fully saturated rings. The molecule has 10 heteroatoms. The van der Waals surface area contributed by atoms with E-state index >= 15 is 0 Å². The minimum absolute atomic E-state index is 0.103. The normalized spacial score (nSPS) is 11.3. The number of halogens is 2. The molecule has 34 heavy (non-hydrogen) atoms. The van der Waals surface area contributed by atoms with Gasteiger partial charge >= 0.3 is 0 Å². The fraction of sp³-hybridized carbons (Fsp3) is 0.0833. The summed E-state index contributed by atoms with van der Waals surface area (Å²) in [4.78, 5) is 17.2. The molecular weight excluding hydrogens is 513 g/mol. The van der Waals surface area contributed by atoms with E-state index in [0.717, 1.165) is 5.56 Å². The Bertz CT molecular complexity index is 1420. The molecule has 1 aromatic heterocycles. The Hall–Kier alpha value is -2.91. The second-order valence-corrected chi connectivity index (χ2v) is 10.7. The van der Waals surface area contributed by atoms with E-state index in [1.165, 1.54) is 39.9 Å². The maximum absolute atomic E-state index is 13.1. The molecule has 0 saturated carbocycles. The quantitative estimate of drug-likeness (QED) is 0.292. The van der Waals surface area contributed by atoms with Crippen molar-refractivity contribution in [2.75, 3.05) is 16.2 Å². The van der Waals surface area contributed by atoms with E-state index in [2.05, 4.69) is 10.3 Å². The summed E-state index contributed by atoms with van der Waals surface area (Å²) in [5, 5.41) is 5.82. The molecule has 0 aliphatic carbocycles. The van der Waals surface area contributed by atoms with Gasteiger partial charge in [0.15, 0.2) is 5.13 Å². The SMILES string of the molecule is CCN(c1ccccc1)S(=O)(=O)c1ccc(C(=O)Nc2nc(-c3ccc(Cl)c(Cl)c3)cs2)cc1. The van der Waals surface area contributed by atoms with E-state index in [-0.39, 0.29) is 11.4 Å². The molecule has 174 valence electrons. The fourth-order valence-corrected chi connectivity index (χ4v) is 5.77. The molecule has 0 atom stereocenters. The summed E-state index contributed by atoms with van der Waals surface area (Å²) in [5.41, 5.74) is 2.32. The maximum atomic E-state index is 13.1. The van der Waals surface area contributed by atoms with Crippen LogP contribution in [0.15, 0.2) is 83.1 Å². The monoisotopic (exact) mass is 531 g/mol. The summed E-state index contributed by atoms with van der Waals surface area (Å²) in [7, 11) is -3.77. The van der Waals surface area contributed by atoms with Crippen LogP contribution in [-0.2, 0) is 10.0 Å². The van der Waals surface area contributed by atoms with Gasteiger partial charge in [-0.3, -0.25) is 14.4 Å². The summed E-state index contributed by atoms with van der Waals surface area (Å²) in [6.07, 6.45) is 0. The Morgan fingerprint density at radius 1 is 1.00 bits per heavy atom. The van der Waals surface area contributed by atoms with Gasteiger partial charge in [-0.25, -0.2) is 13.4 Å². The van der Waals surface area contributed by atoms with Crippen molar-refractivity contribution in [3.63, 3.8) is 0 Å². The maximum Gasteiger partial charge on any atom is 0.264 e. The Kier molecular flexibility index (Phi) is 7.23. The molecule has 0 aliphatic rings. The van der Waals surface area contributed by atoms with Gasteiger partial charge in [0, 0.05) is 23.1 Å². The number of rotatable bonds is 7. The fourth-order valence-electron chi connectivity index (χ4n) is 3.28. The first-order valence-electron chi connectivity index (χ1n) is 10.2. The van der Waals surface area contributed by atoms with E-state index in [9.17, 15) is 13.2 Å². The number of benzene rings is 3. The zero-order chi connectivity index (χ0) is 24.3. The van der Waals surface area contributed by atoms with Crippen molar-refractivity contribution in [3.8, 4) is 11.3 Å². The van der Waals surface area contributed by atoms with Crippen LogP contribution < -0.4 is 9.62 Å². The third-order valence-electron chi connectivity index (χ3n) is 4.98. The van der Waals surface area contributed by atoms with Gasteiger partial charge in [-0.2, -0.15) is 0 Å². The number of aromatic nitrogens is 1. The highest BCUT2D eigenvalue weighted by Gasteiger charge is 2.23. The molecule has 1 heterocycles. The van der Waals surface area contributed by atoms with Crippen molar-refractivity contribution in [1.29, 1.82) is 0 Å². The molecule has 0 saturated heterocycles. The van der Waals surface area contributed by atoms with Crippen molar-refractivity contribution in [2.24, 2.45) is 0 Å². The molecule has 3 aromatic carbocycles. The zero-order valence-electron chi connectivity index (χ0n) is 17.9. The number of amides is 1. The molecule has 0 unspecified atom stereocenters. The van der Waals surface area contributed by atoms with Crippen molar-refractivity contribution in [1.82, 2.24) is 4.98 Å². The van der Waals surface area contributed by atoms with Crippen molar-refractivity contribution in [2.45, 2.75) is 11.8 Å². The van der Waals surface area contributed by atoms with Crippen LogP contribution in [0.3, 0.4) is 0 Å². The minimum atomic E-state index is -3.77. The van der Waals surface area contributed by atoms with Gasteiger partial charge in [0.2, 0.25) is 0 Å². The first kappa shape index (κ1) is 24.2. The standard InChI is InChI=1S/C24H19Cl2N3O3S2/c1-2-29(18-6-4-3-5-7-18)34(31,32)19-11-8-16(9-12-19)23(30)28-24-27-22(15-33-24)17-10-13-20(25)21(26)14-17/h3-15H,2H2,1H3,(H,27,28,30). The largest absolute Gasteiger partial charge is 0.298 e. The van der Waals surface area contributed by atoms with Gasteiger partial charge in [-0.15, -0.1) is 11.3 Å². The van der Waals surface area contributed by atoms with E-state index in [4.69, 9.17) is 23.2 Å². The number of thiazole rings is 1. The lowest BCUT2D eigenvalue weighted by molar-refractivity contribution is 0.102. The Morgan fingerprint density at radius 2 is 1.71 bits per heavy atom. The van der Waals surface area contributed by atoms with E-state index in [1.54, 1.807) is 54.8 Å². The Labute approximate surface area is 211 Å². The van der Waals surface area contributed by atoms with Gasteiger partial charge in [-0.1, -0.05) is 47.5 Å². The van der Waals surface area contributed by atoms with Gasteiger partial charge in [0.1, 0.15) is 0 Å².